The lowest BCUT2D eigenvalue weighted by atomic mass is 10.3. The maximum atomic E-state index is 13.0. The topological polar surface area (TPSA) is 9.23 Å². The summed E-state index contributed by atoms with van der Waals surface area (Å²) in [6.07, 6.45) is 1.74. The Hall–Kier alpha value is -0.770. The average molecular weight is 218 g/mol. The summed E-state index contributed by atoms with van der Waals surface area (Å²) in [5, 5.41) is 0. The predicted molar refractivity (Wildman–Crippen MR) is 54.9 cm³/mol. The first kappa shape index (κ1) is 11.3. The summed E-state index contributed by atoms with van der Waals surface area (Å²) in [4.78, 5) is 0. The Balaban J connectivity index is 2.42. The fourth-order valence-electron chi connectivity index (χ4n) is 0.988. The van der Waals surface area contributed by atoms with Crippen molar-refractivity contribution in [3.8, 4) is 5.75 Å². The van der Waals surface area contributed by atoms with E-state index in [9.17, 15) is 8.78 Å². The molecule has 0 aromatic heterocycles. The van der Waals surface area contributed by atoms with Crippen LogP contribution in [0.15, 0.2) is 18.2 Å². The zero-order valence-electron chi connectivity index (χ0n) is 7.67. The summed E-state index contributed by atoms with van der Waals surface area (Å²) in [6.45, 7) is 0.434. The fraction of sp³-hybridized carbons (Fsp3) is 0.400. The van der Waals surface area contributed by atoms with E-state index in [0.717, 1.165) is 24.7 Å². The molecule has 0 fully saturated rings. The van der Waals surface area contributed by atoms with E-state index in [1.807, 2.05) is 0 Å². The highest BCUT2D eigenvalue weighted by Crippen LogP contribution is 2.17. The molecule has 1 rings (SSSR count). The third kappa shape index (κ3) is 3.54. The molecular formula is C10H12F2OS. The lowest BCUT2D eigenvalue weighted by Gasteiger charge is -2.06. The van der Waals surface area contributed by atoms with Crippen LogP contribution in [0.5, 0.6) is 5.75 Å². The number of unbranched alkanes of at least 4 members (excludes halogenated alkanes) is 1. The minimum Gasteiger partial charge on any atom is -0.491 e. The number of hydrogen-bond acceptors (Lipinski definition) is 2. The second kappa shape index (κ2) is 5.86. The van der Waals surface area contributed by atoms with Gasteiger partial charge < -0.3 is 4.74 Å². The Bertz CT molecular complexity index is 291. The van der Waals surface area contributed by atoms with Gasteiger partial charge in [-0.05, 0) is 30.7 Å². The Morgan fingerprint density at radius 3 is 2.64 bits per heavy atom. The van der Waals surface area contributed by atoms with E-state index < -0.39 is 11.6 Å². The first-order chi connectivity index (χ1) is 6.74. The van der Waals surface area contributed by atoms with Crippen LogP contribution in [0.3, 0.4) is 0 Å². The van der Waals surface area contributed by atoms with Crippen LogP contribution in [-0.2, 0) is 0 Å². The molecule has 0 aliphatic heterocycles. The van der Waals surface area contributed by atoms with Crippen molar-refractivity contribution in [2.75, 3.05) is 12.4 Å². The Morgan fingerprint density at radius 1 is 1.21 bits per heavy atom. The lowest BCUT2D eigenvalue weighted by molar-refractivity contribution is 0.293. The monoisotopic (exact) mass is 218 g/mol. The molecule has 0 radical (unpaired) electrons. The molecule has 0 spiro atoms. The van der Waals surface area contributed by atoms with E-state index in [-0.39, 0.29) is 5.75 Å². The van der Waals surface area contributed by atoms with E-state index in [1.165, 1.54) is 12.1 Å². The molecule has 0 atom stereocenters. The molecule has 4 heteroatoms. The van der Waals surface area contributed by atoms with E-state index >= 15 is 0 Å². The third-order valence-electron chi connectivity index (χ3n) is 1.70. The highest BCUT2D eigenvalue weighted by molar-refractivity contribution is 7.80. The first-order valence-electron chi connectivity index (χ1n) is 4.43. The average Bonchev–Trinajstić information content (AvgIpc) is 2.15. The van der Waals surface area contributed by atoms with Crippen molar-refractivity contribution in [1.29, 1.82) is 0 Å². The molecule has 1 aromatic rings. The van der Waals surface area contributed by atoms with Crippen molar-refractivity contribution in [2.24, 2.45) is 0 Å². The molecule has 1 nitrogen and oxygen atoms in total. The SMILES string of the molecule is Fc1ccc(OCCCCS)c(F)c1. The first-order valence-corrected chi connectivity index (χ1v) is 5.06. The maximum absolute atomic E-state index is 13.0. The molecule has 1 aromatic carbocycles. The third-order valence-corrected chi connectivity index (χ3v) is 2.02. The summed E-state index contributed by atoms with van der Waals surface area (Å²) < 4.78 is 30.6. The summed E-state index contributed by atoms with van der Waals surface area (Å²) >= 11 is 4.04. The molecule has 78 valence electrons. The van der Waals surface area contributed by atoms with Gasteiger partial charge in [0.2, 0.25) is 0 Å². The number of hydrogen-bond donors (Lipinski definition) is 1. The number of benzene rings is 1. The maximum Gasteiger partial charge on any atom is 0.167 e. The fourth-order valence-corrected chi connectivity index (χ4v) is 1.21. The van der Waals surface area contributed by atoms with Gasteiger partial charge in [0.25, 0.3) is 0 Å². The zero-order chi connectivity index (χ0) is 10.4. The highest BCUT2D eigenvalue weighted by Gasteiger charge is 2.03. The Kier molecular flexibility index (Phi) is 4.73. The van der Waals surface area contributed by atoms with E-state index in [2.05, 4.69) is 12.6 Å². The summed E-state index contributed by atoms with van der Waals surface area (Å²) in [5.41, 5.74) is 0. The van der Waals surface area contributed by atoms with Crippen molar-refractivity contribution in [3.05, 3.63) is 29.8 Å². The van der Waals surface area contributed by atoms with Gasteiger partial charge >= 0.3 is 0 Å². The largest absolute Gasteiger partial charge is 0.491 e. The van der Waals surface area contributed by atoms with Gasteiger partial charge in [-0.2, -0.15) is 12.6 Å². The van der Waals surface area contributed by atoms with Gasteiger partial charge in [0.05, 0.1) is 6.61 Å². The van der Waals surface area contributed by atoms with Gasteiger partial charge in [0.15, 0.2) is 11.6 Å². The summed E-state index contributed by atoms with van der Waals surface area (Å²) in [7, 11) is 0. The number of halogens is 2. The van der Waals surface area contributed by atoms with Gasteiger partial charge in [-0.25, -0.2) is 8.78 Å². The smallest absolute Gasteiger partial charge is 0.167 e. The number of rotatable bonds is 5. The van der Waals surface area contributed by atoms with Crippen molar-refractivity contribution in [3.63, 3.8) is 0 Å². The van der Waals surface area contributed by atoms with E-state index in [0.29, 0.717) is 6.61 Å². The summed E-state index contributed by atoms with van der Waals surface area (Å²) in [5.74, 6) is -0.360. The Morgan fingerprint density at radius 2 is 2.00 bits per heavy atom. The van der Waals surface area contributed by atoms with Crippen LogP contribution in [-0.4, -0.2) is 12.4 Å². The summed E-state index contributed by atoms with van der Waals surface area (Å²) in [6, 6.07) is 3.29. The second-order valence-electron chi connectivity index (χ2n) is 2.85. The van der Waals surface area contributed by atoms with Crippen molar-refractivity contribution >= 4 is 12.6 Å². The van der Waals surface area contributed by atoms with Crippen LogP contribution in [0.4, 0.5) is 8.78 Å². The number of thiol groups is 1. The van der Waals surface area contributed by atoms with Crippen LogP contribution in [0, 0.1) is 11.6 Å². The standard InChI is InChI=1S/C10H12F2OS/c11-8-3-4-10(9(12)7-8)13-5-1-2-6-14/h3-4,7,14H,1-2,5-6H2. The van der Waals surface area contributed by atoms with Crippen LogP contribution in [0.2, 0.25) is 0 Å². The van der Waals surface area contributed by atoms with Crippen LogP contribution >= 0.6 is 12.6 Å². The quantitative estimate of drug-likeness (QED) is 0.590. The van der Waals surface area contributed by atoms with Gasteiger partial charge in [0, 0.05) is 6.07 Å². The van der Waals surface area contributed by atoms with Gasteiger partial charge in [-0.15, -0.1) is 0 Å². The normalized spacial score (nSPS) is 10.2. The minimum atomic E-state index is -0.657. The number of ether oxygens (including phenoxy) is 1. The zero-order valence-corrected chi connectivity index (χ0v) is 8.57. The molecule has 0 saturated heterocycles. The van der Waals surface area contributed by atoms with Crippen LogP contribution < -0.4 is 4.74 Å². The van der Waals surface area contributed by atoms with Gasteiger partial charge in [-0.1, -0.05) is 0 Å². The molecular weight excluding hydrogens is 206 g/mol. The van der Waals surface area contributed by atoms with Crippen LogP contribution in [0.1, 0.15) is 12.8 Å². The molecule has 0 saturated carbocycles. The van der Waals surface area contributed by atoms with E-state index in [1.54, 1.807) is 0 Å². The van der Waals surface area contributed by atoms with Crippen molar-refractivity contribution in [2.45, 2.75) is 12.8 Å². The molecule has 14 heavy (non-hydrogen) atoms. The molecule has 0 unspecified atom stereocenters. The van der Waals surface area contributed by atoms with Gasteiger partial charge in [0.1, 0.15) is 5.82 Å². The van der Waals surface area contributed by atoms with E-state index in [4.69, 9.17) is 4.74 Å². The highest BCUT2D eigenvalue weighted by atomic mass is 32.1. The van der Waals surface area contributed by atoms with Gasteiger partial charge in [-0.3, -0.25) is 0 Å². The molecule has 0 aliphatic rings. The molecule has 0 N–H and O–H groups in total. The molecule has 0 aliphatic carbocycles. The van der Waals surface area contributed by atoms with Crippen molar-refractivity contribution in [1.82, 2.24) is 0 Å². The predicted octanol–water partition coefficient (Wildman–Crippen LogP) is 3.05. The second-order valence-corrected chi connectivity index (χ2v) is 3.30. The molecule has 0 amide bonds. The van der Waals surface area contributed by atoms with Crippen LogP contribution in [0.25, 0.3) is 0 Å². The lowest BCUT2D eigenvalue weighted by Crippen LogP contribution is -1.99. The molecule has 0 bridgehead atoms. The van der Waals surface area contributed by atoms with Crippen molar-refractivity contribution < 1.29 is 13.5 Å². The minimum absolute atomic E-state index is 0.102. The Labute approximate surface area is 87.5 Å². The molecule has 0 heterocycles.